The minimum absolute atomic E-state index is 0.413. The van der Waals surface area contributed by atoms with E-state index < -0.39 is 10.8 Å². The van der Waals surface area contributed by atoms with Crippen LogP contribution < -0.4 is 5.32 Å². The van der Waals surface area contributed by atoms with E-state index in [1.807, 2.05) is 31.3 Å². The molecule has 0 saturated carbocycles. The SMILES string of the molecule is CNCC(CCN1CCC(c2ccccc2[S@](C)=O)CC1)c1ccc(Cl)c(Cl)c1. The van der Waals surface area contributed by atoms with Gasteiger partial charge in [0.25, 0.3) is 0 Å². The lowest BCUT2D eigenvalue weighted by molar-refractivity contribution is 0.204. The van der Waals surface area contributed by atoms with E-state index in [0.29, 0.717) is 21.9 Å². The zero-order valence-corrected chi connectivity index (χ0v) is 19.5. The van der Waals surface area contributed by atoms with Crippen molar-refractivity contribution in [2.45, 2.75) is 36.0 Å². The maximum absolute atomic E-state index is 12.1. The van der Waals surface area contributed by atoms with Crippen LogP contribution in [-0.2, 0) is 10.8 Å². The highest BCUT2D eigenvalue weighted by atomic mass is 35.5. The number of rotatable bonds is 8. The molecule has 1 N–H and O–H groups in total. The zero-order valence-electron chi connectivity index (χ0n) is 17.2. The summed E-state index contributed by atoms with van der Waals surface area (Å²) in [4.78, 5) is 3.56. The predicted octanol–water partition coefficient (Wildman–Crippen LogP) is 5.30. The molecule has 2 aromatic carbocycles. The third kappa shape index (κ3) is 6.05. The highest BCUT2D eigenvalue weighted by Crippen LogP contribution is 2.33. The van der Waals surface area contributed by atoms with Crippen LogP contribution in [0.2, 0.25) is 10.0 Å². The molecule has 0 amide bonds. The van der Waals surface area contributed by atoms with Gasteiger partial charge in [0.15, 0.2) is 0 Å². The maximum Gasteiger partial charge on any atom is 0.0595 e. The molecule has 0 aromatic heterocycles. The van der Waals surface area contributed by atoms with Crippen LogP contribution in [0.15, 0.2) is 47.4 Å². The van der Waals surface area contributed by atoms with E-state index in [-0.39, 0.29) is 0 Å². The number of nitrogens with one attached hydrogen (secondary N) is 1. The van der Waals surface area contributed by atoms with E-state index in [4.69, 9.17) is 23.2 Å². The largest absolute Gasteiger partial charge is 0.319 e. The Morgan fingerprint density at radius 3 is 2.52 bits per heavy atom. The van der Waals surface area contributed by atoms with Crippen molar-refractivity contribution in [3.05, 3.63) is 63.6 Å². The van der Waals surface area contributed by atoms with Gasteiger partial charge in [0, 0.05) is 17.7 Å². The Balaban J connectivity index is 1.57. The van der Waals surface area contributed by atoms with E-state index in [0.717, 1.165) is 50.3 Å². The minimum Gasteiger partial charge on any atom is -0.319 e. The van der Waals surface area contributed by atoms with Gasteiger partial charge in [-0.15, -0.1) is 0 Å². The fraction of sp³-hybridized carbons (Fsp3) is 0.478. The fourth-order valence-corrected chi connectivity index (χ4v) is 5.43. The quantitative estimate of drug-likeness (QED) is 0.589. The Bertz CT molecular complexity index is 837. The first-order valence-electron chi connectivity index (χ1n) is 10.2. The van der Waals surface area contributed by atoms with Crippen molar-refractivity contribution < 1.29 is 4.21 Å². The van der Waals surface area contributed by atoms with Gasteiger partial charge >= 0.3 is 0 Å². The van der Waals surface area contributed by atoms with Crippen LogP contribution in [0.25, 0.3) is 0 Å². The Morgan fingerprint density at radius 1 is 1.14 bits per heavy atom. The number of hydrogen-bond donors (Lipinski definition) is 1. The van der Waals surface area contributed by atoms with Crippen molar-refractivity contribution in [3.8, 4) is 0 Å². The summed E-state index contributed by atoms with van der Waals surface area (Å²) in [6.45, 7) is 4.16. The molecule has 3 nitrogen and oxygen atoms in total. The smallest absolute Gasteiger partial charge is 0.0595 e. The summed E-state index contributed by atoms with van der Waals surface area (Å²) in [7, 11) is 1.06. The summed E-state index contributed by atoms with van der Waals surface area (Å²) in [6.07, 6.45) is 5.10. The van der Waals surface area contributed by atoms with Crippen LogP contribution in [-0.4, -0.2) is 48.6 Å². The zero-order chi connectivity index (χ0) is 20.8. The third-order valence-corrected chi connectivity index (χ3v) is 7.65. The first-order valence-corrected chi connectivity index (χ1v) is 12.5. The number of piperidine rings is 1. The van der Waals surface area contributed by atoms with Crippen molar-refractivity contribution in [1.29, 1.82) is 0 Å². The van der Waals surface area contributed by atoms with Crippen LogP contribution in [0, 0.1) is 0 Å². The molecule has 158 valence electrons. The van der Waals surface area contributed by atoms with Gasteiger partial charge in [-0.1, -0.05) is 47.5 Å². The average Bonchev–Trinajstić information content (AvgIpc) is 2.73. The van der Waals surface area contributed by atoms with E-state index in [1.165, 1.54) is 11.1 Å². The molecule has 1 aliphatic heterocycles. The Hall–Kier alpha value is -0.910. The normalized spacial score (nSPS) is 17.9. The van der Waals surface area contributed by atoms with E-state index in [9.17, 15) is 4.21 Å². The fourth-order valence-electron chi connectivity index (χ4n) is 4.28. The van der Waals surface area contributed by atoms with Crippen molar-refractivity contribution in [2.24, 2.45) is 0 Å². The summed E-state index contributed by atoms with van der Waals surface area (Å²) in [5.41, 5.74) is 2.51. The average molecular weight is 453 g/mol. The van der Waals surface area contributed by atoms with Crippen LogP contribution in [0.3, 0.4) is 0 Å². The molecular formula is C23H30Cl2N2OS. The second-order valence-corrected chi connectivity index (χ2v) is 9.99. The number of likely N-dealkylation sites (N-methyl/N-ethyl adjacent to an activating group) is 1. The summed E-state index contributed by atoms with van der Waals surface area (Å²) in [5.74, 6) is 0.922. The minimum atomic E-state index is -0.929. The highest BCUT2D eigenvalue weighted by molar-refractivity contribution is 7.84. The molecule has 0 bridgehead atoms. The third-order valence-electron chi connectivity index (χ3n) is 5.92. The highest BCUT2D eigenvalue weighted by Gasteiger charge is 2.24. The molecule has 2 aromatic rings. The molecule has 0 aliphatic carbocycles. The van der Waals surface area contributed by atoms with Crippen LogP contribution >= 0.6 is 23.2 Å². The molecule has 1 saturated heterocycles. The first-order chi connectivity index (χ1) is 14.0. The van der Waals surface area contributed by atoms with Gasteiger partial charge in [-0.25, -0.2) is 0 Å². The van der Waals surface area contributed by atoms with Crippen molar-refractivity contribution in [3.63, 3.8) is 0 Å². The van der Waals surface area contributed by atoms with Crippen LogP contribution in [0.5, 0.6) is 0 Å². The second kappa shape index (κ2) is 10.9. The summed E-state index contributed by atoms with van der Waals surface area (Å²) >= 11 is 12.3. The van der Waals surface area contributed by atoms with Gasteiger partial charge in [-0.3, -0.25) is 4.21 Å². The van der Waals surface area contributed by atoms with Crippen molar-refractivity contribution in [2.75, 3.05) is 39.5 Å². The number of halogens is 2. The van der Waals surface area contributed by atoms with Gasteiger partial charge in [0.05, 0.1) is 20.8 Å². The second-order valence-electron chi connectivity index (χ2n) is 7.82. The lowest BCUT2D eigenvalue weighted by atomic mass is 9.89. The number of likely N-dealkylation sites (tertiary alicyclic amines) is 1. The maximum atomic E-state index is 12.1. The molecule has 6 heteroatoms. The lowest BCUT2D eigenvalue weighted by Crippen LogP contribution is -2.35. The molecule has 1 heterocycles. The van der Waals surface area contributed by atoms with Gasteiger partial charge in [-0.2, -0.15) is 0 Å². The Morgan fingerprint density at radius 2 is 1.86 bits per heavy atom. The van der Waals surface area contributed by atoms with E-state index in [2.05, 4.69) is 28.4 Å². The molecule has 1 aliphatic rings. The van der Waals surface area contributed by atoms with Crippen molar-refractivity contribution in [1.82, 2.24) is 10.2 Å². The molecule has 0 spiro atoms. The van der Waals surface area contributed by atoms with Gasteiger partial charge in [0.1, 0.15) is 0 Å². The summed E-state index contributed by atoms with van der Waals surface area (Å²) < 4.78 is 12.1. The number of nitrogens with zero attached hydrogens (tertiary/aromatic N) is 1. The molecule has 1 fully saturated rings. The molecule has 1 unspecified atom stereocenters. The molecule has 2 atom stereocenters. The number of benzene rings is 2. The molecule has 3 rings (SSSR count). The van der Waals surface area contributed by atoms with Crippen LogP contribution in [0.4, 0.5) is 0 Å². The Labute approximate surface area is 187 Å². The Kier molecular flexibility index (Phi) is 8.57. The number of hydrogen-bond acceptors (Lipinski definition) is 3. The lowest BCUT2D eigenvalue weighted by Gasteiger charge is -2.33. The predicted molar refractivity (Wildman–Crippen MR) is 125 cm³/mol. The molecule has 0 radical (unpaired) electrons. The van der Waals surface area contributed by atoms with E-state index >= 15 is 0 Å². The van der Waals surface area contributed by atoms with Crippen LogP contribution in [0.1, 0.15) is 42.2 Å². The summed E-state index contributed by atoms with van der Waals surface area (Å²) in [6, 6.07) is 14.2. The summed E-state index contributed by atoms with van der Waals surface area (Å²) in [5, 5.41) is 4.54. The van der Waals surface area contributed by atoms with Gasteiger partial charge < -0.3 is 10.2 Å². The van der Waals surface area contributed by atoms with Gasteiger partial charge in [0.2, 0.25) is 0 Å². The monoisotopic (exact) mass is 452 g/mol. The topological polar surface area (TPSA) is 32.3 Å². The standard InChI is InChI=1S/C23H30Cl2N2OS/c1-26-16-19(18-7-8-21(24)22(25)15-18)11-14-27-12-9-17(10-13-27)20-5-3-4-6-23(20)29(2)28/h3-8,15,17,19,26H,9-14,16H2,1-2H3/t19?,29-/m0/s1. The first kappa shape index (κ1) is 22.8. The molecular weight excluding hydrogens is 423 g/mol. The van der Waals surface area contributed by atoms with Gasteiger partial charge in [-0.05, 0) is 87.1 Å². The van der Waals surface area contributed by atoms with E-state index in [1.54, 1.807) is 6.26 Å². The molecule has 29 heavy (non-hydrogen) atoms. The van der Waals surface area contributed by atoms with Crippen molar-refractivity contribution >= 4 is 34.0 Å².